The summed E-state index contributed by atoms with van der Waals surface area (Å²) in [5.74, 6) is 0.919. The van der Waals surface area contributed by atoms with Gasteiger partial charge in [0.25, 0.3) is 5.91 Å². The third kappa shape index (κ3) is 2.06. The quantitative estimate of drug-likeness (QED) is 0.668. The number of anilines is 1. The van der Waals surface area contributed by atoms with Crippen LogP contribution in [0, 0.1) is 5.92 Å². The van der Waals surface area contributed by atoms with E-state index in [0.29, 0.717) is 12.7 Å². The molecule has 3 heterocycles. The number of hydrogen-bond donors (Lipinski definition) is 0. The Labute approximate surface area is 156 Å². The van der Waals surface area contributed by atoms with Crippen molar-refractivity contribution in [1.29, 1.82) is 0 Å². The molecular formula is C22H20N2OS. The summed E-state index contributed by atoms with van der Waals surface area (Å²) in [5.41, 5.74) is 3.45. The molecule has 0 spiro atoms. The highest BCUT2D eigenvalue weighted by Crippen LogP contribution is 2.49. The van der Waals surface area contributed by atoms with Gasteiger partial charge in [-0.15, -0.1) is 11.3 Å². The Morgan fingerprint density at radius 1 is 1.08 bits per heavy atom. The van der Waals surface area contributed by atoms with Crippen LogP contribution >= 0.6 is 11.3 Å². The molecule has 1 aliphatic carbocycles. The van der Waals surface area contributed by atoms with Crippen molar-refractivity contribution in [3.05, 3.63) is 63.8 Å². The zero-order valence-corrected chi connectivity index (χ0v) is 15.3. The first kappa shape index (κ1) is 14.9. The largest absolute Gasteiger partial charge is 0.294 e. The Morgan fingerprint density at radius 3 is 2.77 bits per heavy atom. The fraction of sp³-hybridized carbons (Fsp3) is 0.318. The van der Waals surface area contributed by atoms with Crippen molar-refractivity contribution < 1.29 is 4.79 Å². The molecule has 3 aliphatic rings. The second-order valence-corrected chi connectivity index (χ2v) is 8.70. The van der Waals surface area contributed by atoms with E-state index in [1.807, 2.05) is 28.4 Å². The van der Waals surface area contributed by atoms with Crippen LogP contribution in [-0.2, 0) is 6.42 Å². The number of carbonyl (C=O) groups is 1. The molecule has 6 rings (SSSR count). The van der Waals surface area contributed by atoms with Crippen LogP contribution in [0.1, 0.15) is 39.7 Å². The summed E-state index contributed by atoms with van der Waals surface area (Å²) in [6.45, 7) is 1.74. The number of carbonyl (C=O) groups excluding carboxylic acids is 1. The molecule has 3 nitrogen and oxygen atoms in total. The van der Waals surface area contributed by atoms with Crippen molar-refractivity contribution in [3.63, 3.8) is 0 Å². The molecule has 3 aromatic rings. The summed E-state index contributed by atoms with van der Waals surface area (Å²) in [7, 11) is 0. The number of rotatable bonds is 3. The van der Waals surface area contributed by atoms with Crippen LogP contribution in [0.25, 0.3) is 10.8 Å². The highest BCUT2D eigenvalue weighted by Gasteiger charge is 2.41. The average molecular weight is 360 g/mol. The predicted molar refractivity (Wildman–Crippen MR) is 106 cm³/mol. The second kappa shape index (κ2) is 5.41. The van der Waals surface area contributed by atoms with E-state index < -0.39 is 0 Å². The van der Waals surface area contributed by atoms with E-state index in [1.165, 1.54) is 18.4 Å². The van der Waals surface area contributed by atoms with Gasteiger partial charge in [-0.2, -0.15) is 0 Å². The van der Waals surface area contributed by atoms with Crippen LogP contribution in [-0.4, -0.2) is 24.0 Å². The molecule has 2 aromatic carbocycles. The third-order valence-electron chi connectivity index (χ3n) is 6.16. The van der Waals surface area contributed by atoms with Crippen molar-refractivity contribution >= 4 is 33.7 Å². The van der Waals surface area contributed by atoms with Gasteiger partial charge in [0.15, 0.2) is 0 Å². The molecule has 2 aliphatic heterocycles. The Balaban J connectivity index is 1.39. The van der Waals surface area contributed by atoms with E-state index in [0.717, 1.165) is 40.9 Å². The molecule has 0 bridgehead atoms. The predicted octanol–water partition coefficient (Wildman–Crippen LogP) is 4.83. The summed E-state index contributed by atoms with van der Waals surface area (Å²) >= 11 is 1.90. The molecule has 0 N–H and O–H groups in total. The van der Waals surface area contributed by atoms with Crippen LogP contribution in [0.3, 0.4) is 0 Å². The van der Waals surface area contributed by atoms with Crippen molar-refractivity contribution in [2.24, 2.45) is 5.92 Å². The molecule has 130 valence electrons. The zero-order chi connectivity index (χ0) is 17.3. The monoisotopic (exact) mass is 360 g/mol. The Hall–Kier alpha value is -2.17. The summed E-state index contributed by atoms with van der Waals surface area (Å²) in [6.07, 6.45) is 3.75. The maximum absolute atomic E-state index is 13.1. The SMILES string of the molecule is O=C1c2cccc3cccc(c23)N1CN1CCc2sccc2[C@@H]1C1CC1. The molecule has 1 amide bonds. The third-order valence-corrected chi connectivity index (χ3v) is 7.16. The first-order chi connectivity index (χ1) is 12.8. The van der Waals surface area contributed by atoms with Crippen molar-refractivity contribution in [3.8, 4) is 0 Å². The van der Waals surface area contributed by atoms with Crippen molar-refractivity contribution in [1.82, 2.24) is 4.90 Å². The molecular weight excluding hydrogens is 340 g/mol. The molecule has 1 saturated carbocycles. The van der Waals surface area contributed by atoms with Gasteiger partial charge in [-0.3, -0.25) is 14.6 Å². The molecule has 1 aromatic heterocycles. The molecule has 4 heteroatoms. The number of fused-ring (bicyclic) bond motifs is 1. The van der Waals surface area contributed by atoms with Gasteiger partial charge in [-0.25, -0.2) is 0 Å². The Kier molecular flexibility index (Phi) is 3.11. The van der Waals surface area contributed by atoms with E-state index in [1.54, 1.807) is 4.88 Å². The lowest BCUT2D eigenvalue weighted by Gasteiger charge is -2.38. The fourth-order valence-corrected chi connectivity index (χ4v) is 5.73. The summed E-state index contributed by atoms with van der Waals surface area (Å²) in [4.78, 5) is 19.2. The summed E-state index contributed by atoms with van der Waals surface area (Å²) in [5, 5.41) is 4.52. The standard InChI is InChI=1S/C22H20N2OS/c25-22-17-5-1-3-14-4-2-6-18(20(14)17)24(22)13-23-11-9-19-16(10-12-26-19)21(23)15-7-8-15/h1-6,10,12,15,21H,7-9,11,13H2/t21-/m0/s1. The Bertz CT molecular complexity index is 1030. The van der Waals surface area contributed by atoms with Crippen molar-refractivity contribution in [2.45, 2.75) is 25.3 Å². The van der Waals surface area contributed by atoms with Gasteiger partial charge in [-0.1, -0.05) is 24.3 Å². The number of hydrogen-bond acceptors (Lipinski definition) is 3. The zero-order valence-electron chi connectivity index (χ0n) is 14.5. The normalized spacial score (nSPS) is 22.2. The van der Waals surface area contributed by atoms with Gasteiger partial charge < -0.3 is 0 Å². The van der Waals surface area contributed by atoms with Crippen LogP contribution in [0.5, 0.6) is 0 Å². The molecule has 1 atom stereocenters. The Morgan fingerprint density at radius 2 is 1.92 bits per heavy atom. The van der Waals surface area contributed by atoms with E-state index >= 15 is 0 Å². The van der Waals surface area contributed by atoms with Gasteiger partial charge >= 0.3 is 0 Å². The highest BCUT2D eigenvalue weighted by atomic mass is 32.1. The van der Waals surface area contributed by atoms with E-state index in [-0.39, 0.29) is 5.91 Å². The topological polar surface area (TPSA) is 23.6 Å². The lowest BCUT2D eigenvalue weighted by atomic mass is 9.96. The minimum absolute atomic E-state index is 0.155. The maximum Gasteiger partial charge on any atom is 0.260 e. The number of thiophene rings is 1. The second-order valence-electron chi connectivity index (χ2n) is 7.70. The lowest BCUT2D eigenvalue weighted by molar-refractivity contribution is 0.0948. The first-order valence-corrected chi connectivity index (χ1v) is 10.3. The van der Waals surface area contributed by atoms with Crippen LogP contribution < -0.4 is 4.90 Å². The molecule has 0 radical (unpaired) electrons. The van der Waals surface area contributed by atoms with Crippen LogP contribution in [0.2, 0.25) is 0 Å². The van der Waals surface area contributed by atoms with Gasteiger partial charge in [0.05, 0.1) is 12.4 Å². The summed E-state index contributed by atoms with van der Waals surface area (Å²) < 4.78 is 0. The lowest BCUT2D eigenvalue weighted by Crippen LogP contribution is -2.45. The van der Waals surface area contributed by atoms with Crippen molar-refractivity contribution in [2.75, 3.05) is 18.1 Å². The van der Waals surface area contributed by atoms with Gasteiger partial charge in [0.1, 0.15) is 0 Å². The average Bonchev–Trinajstić information content (AvgIpc) is 3.33. The van der Waals surface area contributed by atoms with E-state index in [4.69, 9.17) is 0 Å². The minimum atomic E-state index is 0.155. The number of amides is 1. The smallest absolute Gasteiger partial charge is 0.260 e. The molecule has 0 saturated heterocycles. The van der Waals surface area contributed by atoms with Crippen LogP contribution in [0.15, 0.2) is 47.8 Å². The molecule has 1 fully saturated rings. The summed E-state index contributed by atoms with van der Waals surface area (Å²) in [6, 6.07) is 15.1. The van der Waals surface area contributed by atoms with E-state index in [2.05, 4.69) is 40.6 Å². The van der Waals surface area contributed by atoms with Gasteiger partial charge in [0, 0.05) is 28.4 Å². The van der Waals surface area contributed by atoms with Gasteiger partial charge in [-0.05, 0) is 59.7 Å². The highest BCUT2D eigenvalue weighted by molar-refractivity contribution is 7.10. The maximum atomic E-state index is 13.1. The number of benzene rings is 2. The van der Waals surface area contributed by atoms with E-state index in [9.17, 15) is 4.79 Å². The molecule has 26 heavy (non-hydrogen) atoms. The number of nitrogens with zero attached hydrogens (tertiary/aromatic N) is 2. The van der Waals surface area contributed by atoms with Gasteiger partial charge in [0.2, 0.25) is 0 Å². The first-order valence-electron chi connectivity index (χ1n) is 9.45. The molecule has 0 unspecified atom stereocenters. The fourth-order valence-electron chi connectivity index (χ4n) is 4.82. The minimum Gasteiger partial charge on any atom is -0.294 e. The van der Waals surface area contributed by atoms with Crippen LogP contribution in [0.4, 0.5) is 5.69 Å².